The van der Waals surface area contributed by atoms with Crippen molar-refractivity contribution in [3.05, 3.63) is 0 Å². The fourth-order valence-corrected chi connectivity index (χ4v) is 2.32. The number of hydrogen-bond donors (Lipinski definition) is 1. The first-order chi connectivity index (χ1) is 9.94. The van der Waals surface area contributed by atoms with Crippen molar-refractivity contribution in [3.63, 3.8) is 0 Å². The van der Waals surface area contributed by atoms with Crippen LogP contribution in [0, 0.1) is 0 Å². The van der Waals surface area contributed by atoms with Gasteiger partial charge in [0.25, 0.3) is 0 Å². The highest BCUT2D eigenvalue weighted by Gasteiger charge is 2.49. The van der Waals surface area contributed by atoms with Crippen LogP contribution in [0.25, 0.3) is 0 Å². The average molecular weight is 366 g/mol. The van der Waals surface area contributed by atoms with E-state index in [1.54, 1.807) is 13.8 Å². The number of alkyl halides is 1. The molecule has 0 aliphatic rings. The minimum Gasteiger partial charge on any atom is -0.464 e. The molecule has 0 rings (SSSR count). The van der Waals surface area contributed by atoms with Crippen molar-refractivity contribution >= 4 is 33.8 Å². The number of rotatable bonds is 10. The molecule has 0 aromatic heterocycles. The molecular formula is C14H24BrNO5. The van der Waals surface area contributed by atoms with Gasteiger partial charge in [-0.25, -0.2) is 9.59 Å². The fraction of sp³-hybridized carbons (Fsp3) is 0.786. The van der Waals surface area contributed by atoms with E-state index in [1.165, 1.54) is 6.92 Å². The Hall–Kier alpha value is -1.11. The van der Waals surface area contributed by atoms with Gasteiger partial charge in [-0.15, -0.1) is 0 Å². The third kappa shape index (κ3) is 6.46. The number of amides is 1. The van der Waals surface area contributed by atoms with Crippen LogP contribution >= 0.6 is 15.9 Å². The molecule has 0 aromatic rings. The number of hydrogen-bond acceptors (Lipinski definition) is 5. The van der Waals surface area contributed by atoms with Crippen molar-refractivity contribution in [2.45, 2.75) is 52.0 Å². The van der Waals surface area contributed by atoms with E-state index in [0.717, 1.165) is 18.2 Å². The van der Waals surface area contributed by atoms with E-state index in [0.29, 0.717) is 6.42 Å². The molecule has 1 N–H and O–H groups in total. The van der Waals surface area contributed by atoms with E-state index in [1.807, 2.05) is 0 Å². The molecule has 0 atom stereocenters. The molecule has 0 aliphatic heterocycles. The highest BCUT2D eigenvalue weighted by Crippen LogP contribution is 2.20. The third-order valence-electron chi connectivity index (χ3n) is 2.82. The van der Waals surface area contributed by atoms with Crippen molar-refractivity contribution in [1.29, 1.82) is 0 Å². The zero-order chi connectivity index (χ0) is 16.3. The van der Waals surface area contributed by atoms with Crippen LogP contribution in [0.2, 0.25) is 0 Å². The zero-order valence-electron chi connectivity index (χ0n) is 12.9. The van der Waals surface area contributed by atoms with Crippen molar-refractivity contribution in [2.75, 3.05) is 18.5 Å². The number of carbonyl (C=O) groups is 3. The third-order valence-corrected chi connectivity index (χ3v) is 3.38. The molecule has 0 spiro atoms. The highest BCUT2D eigenvalue weighted by atomic mass is 79.9. The molecule has 21 heavy (non-hydrogen) atoms. The monoisotopic (exact) mass is 365 g/mol. The van der Waals surface area contributed by atoms with Crippen molar-refractivity contribution in [3.8, 4) is 0 Å². The molecular weight excluding hydrogens is 342 g/mol. The Balaban J connectivity index is 5.23. The van der Waals surface area contributed by atoms with Gasteiger partial charge < -0.3 is 14.8 Å². The van der Waals surface area contributed by atoms with E-state index in [2.05, 4.69) is 21.2 Å². The van der Waals surface area contributed by atoms with Crippen LogP contribution < -0.4 is 5.32 Å². The van der Waals surface area contributed by atoms with Crippen LogP contribution in [-0.2, 0) is 23.9 Å². The topological polar surface area (TPSA) is 81.7 Å². The van der Waals surface area contributed by atoms with E-state index >= 15 is 0 Å². The summed E-state index contributed by atoms with van der Waals surface area (Å²) in [5.41, 5.74) is -1.75. The number of halogens is 1. The SMILES string of the molecule is CCOC(=O)C(CCCCCBr)(NC(C)=O)C(=O)OCC. The predicted octanol–water partition coefficient (Wildman–Crippen LogP) is 1.94. The van der Waals surface area contributed by atoms with Crippen LogP contribution in [-0.4, -0.2) is 41.9 Å². The number of carbonyl (C=O) groups excluding carboxylic acids is 3. The quantitative estimate of drug-likeness (QED) is 0.277. The summed E-state index contributed by atoms with van der Waals surface area (Å²) in [6.45, 7) is 4.80. The Labute approximate surface area is 134 Å². The average Bonchev–Trinajstić information content (AvgIpc) is 2.42. The summed E-state index contributed by atoms with van der Waals surface area (Å²) in [6.07, 6.45) is 2.51. The first-order valence-electron chi connectivity index (χ1n) is 7.13. The maximum absolute atomic E-state index is 12.2. The first kappa shape index (κ1) is 19.9. The standard InChI is InChI=1S/C14H24BrNO5/c1-4-20-12(18)14(16-11(3)17,13(19)21-5-2)9-7-6-8-10-15/h4-10H2,1-3H3,(H,16,17). The van der Waals surface area contributed by atoms with Crippen molar-refractivity contribution in [1.82, 2.24) is 5.32 Å². The maximum atomic E-state index is 12.2. The van der Waals surface area contributed by atoms with Gasteiger partial charge in [-0.1, -0.05) is 22.4 Å². The smallest absolute Gasteiger partial charge is 0.343 e. The summed E-state index contributed by atoms with van der Waals surface area (Å²) in [6, 6.07) is 0. The second kappa shape index (κ2) is 10.6. The zero-order valence-corrected chi connectivity index (χ0v) is 14.5. The van der Waals surface area contributed by atoms with Crippen LogP contribution in [0.1, 0.15) is 46.5 Å². The summed E-state index contributed by atoms with van der Waals surface area (Å²) in [4.78, 5) is 35.9. The summed E-state index contributed by atoms with van der Waals surface area (Å²) in [5, 5.41) is 3.29. The van der Waals surface area contributed by atoms with Crippen LogP contribution in [0.5, 0.6) is 0 Å². The van der Waals surface area contributed by atoms with Gasteiger partial charge >= 0.3 is 11.9 Å². The molecule has 0 aromatic carbocycles. The molecule has 6 nitrogen and oxygen atoms in total. The number of ether oxygens (including phenoxy) is 2. The van der Waals surface area contributed by atoms with Crippen molar-refractivity contribution < 1.29 is 23.9 Å². The molecule has 0 saturated heterocycles. The largest absolute Gasteiger partial charge is 0.464 e. The minimum absolute atomic E-state index is 0.126. The molecule has 0 radical (unpaired) electrons. The Morgan fingerprint density at radius 1 is 1.00 bits per heavy atom. The number of nitrogens with one attached hydrogen (secondary N) is 1. The molecule has 1 amide bonds. The first-order valence-corrected chi connectivity index (χ1v) is 8.25. The molecule has 0 unspecified atom stereocenters. The summed E-state index contributed by atoms with van der Waals surface area (Å²) < 4.78 is 9.94. The van der Waals surface area contributed by atoms with Gasteiger partial charge in [0.15, 0.2) is 0 Å². The Kier molecular flexibility index (Phi) is 10.0. The van der Waals surface area contributed by atoms with E-state index in [-0.39, 0.29) is 19.6 Å². The molecule has 0 fully saturated rings. The molecule has 0 heterocycles. The Bertz CT molecular complexity index is 341. The normalized spacial score (nSPS) is 10.9. The minimum atomic E-state index is -1.75. The van der Waals surface area contributed by atoms with Gasteiger partial charge in [0.05, 0.1) is 13.2 Å². The second-order valence-electron chi connectivity index (χ2n) is 4.53. The molecule has 0 aliphatic carbocycles. The van der Waals surface area contributed by atoms with Gasteiger partial charge in [0.1, 0.15) is 0 Å². The lowest BCUT2D eigenvalue weighted by Gasteiger charge is -2.29. The lowest BCUT2D eigenvalue weighted by atomic mass is 9.91. The van der Waals surface area contributed by atoms with E-state index < -0.39 is 23.4 Å². The van der Waals surface area contributed by atoms with Gasteiger partial charge in [-0.05, 0) is 33.1 Å². The second-order valence-corrected chi connectivity index (χ2v) is 5.32. The molecule has 0 bridgehead atoms. The number of unbranched alkanes of at least 4 members (excludes halogenated alkanes) is 2. The van der Waals surface area contributed by atoms with Crippen molar-refractivity contribution in [2.24, 2.45) is 0 Å². The van der Waals surface area contributed by atoms with Gasteiger partial charge in [-0.3, -0.25) is 4.79 Å². The molecule has 7 heteroatoms. The highest BCUT2D eigenvalue weighted by molar-refractivity contribution is 9.09. The predicted molar refractivity (Wildman–Crippen MR) is 82.1 cm³/mol. The van der Waals surface area contributed by atoms with Crippen LogP contribution in [0.4, 0.5) is 0 Å². The number of esters is 2. The Morgan fingerprint density at radius 2 is 1.52 bits per heavy atom. The summed E-state index contributed by atoms with van der Waals surface area (Å²) in [7, 11) is 0. The Morgan fingerprint density at radius 3 is 1.90 bits per heavy atom. The maximum Gasteiger partial charge on any atom is 0.343 e. The fourth-order valence-electron chi connectivity index (χ4n) is 1.92. The van der Waals surface area contributed by atoms with E-state index in [9.17, 15) is 14.4 Å². The van der Waals surface area contributed by atoms with Gasteiger partial charge in [-0.2, -0.15) is 0 Å². The molecule has 122 valence electrons. The summed E-state index contributed by atoms with van der Waals surface area (Å²) >= 11 is 3.32. The summed E-state index contributed by atoms with van der Waals surface area (Å²) in [5.74, 6) is -2.01. The van der Waals surface area contributed by atoms with Gasteiger partial charge in [0, 0.05) is 12.3 Å². The molecule has 0 saturated carbocycles. The van der Waals surface area contributed by atoms with Gasteiger partial charge in [0.2, 0.25) is 11.4 Å². The van der Waals surface area contributed by atoms with Crippen LogP contribution in [0.15, 0.2) is 0 Å². The lowest BCUT2D eigenvalue weighted by molar-refractivity contribution is -0.168. The van der Waals surface area contributed by atoms with E-state index in [4.69, 9.17) is 9.47 Å². The van der Waals surface area contributed by atoms with Crippen LogP contribution in [0.3, 0.4) is 0 Å². The lowest BCUT2D eigenvalue weighted by Crippen LogP contribution is -2.61.